The molecule has 0 aromatic rings. The molecule has 1 aliphatic heterocycles. The number of hydrogen-bond acceptors (Lipinski definition) is 5. The van der Waals surface area contributed by atoms with Gasteiger partial charge in [-0.05, 0) is 66.2 Å². The van der Waals surface area contributed by atoms with Crippen molar-refractivity contribution in [3.63, 3.8) is 0 Å². The third-order valence-corrected chi connectivity index (χ3v) is 4.97. The minimum absolute atomic E-state index is 0.0977. The summed E-state index contributed by atoms with van der Waals surface area (Å²) in [4.78, 5) is 43.7. The summed E-state index contributed by atoms with van der Waals surface area (Å²) < 4.78 is 11.2. The van der Waals surface area contributed by atoms with Crippen LogP contribution in [0.5, 0.6) is 0 Å². The van der Waals surface area contributed by atoms with Gasteiger partial charge in [0.1, 0.15) is 11.2 Å². The van der Waals surface area contributed by atoms with Crippen molar-refractivity contribution in [2.45, 2.75) is 99.2 Å². The van der Waals surface area contributed by atoms with Crippen LogP contribution in [0.15, 0.2) is 0 Å². The molecule has 33 heavy (non-hydrogen) atoms. The lowest BCUT2D eigenvalue weighted by atomic mass is 9.91. The largest absolute Gasteiger partial charge is 0.444 e. The predicted molar refractivity (Wildman–Crippen MR) is 130 cm³/mol. The zero-order valence-corrected chi connectivity index (χ0v) is 22.5. The van der Waals surface area contributed by atoms with Crippen molar-refractivity contribution in [1.82, 2.24) is 14.7 Å². The molecule has 192 valence electrons. The molecule has 1 aliphatic rings. The molecular formula is C25H47N3O5. The van der Waals surface area contributed by atoms with E-state index in [-0.39, 0.29) is 17.4 Å². The van der Waals surface area contributed by atoms with Crippen LogP contribution in [0.4, 0.5) is 9.59 Å². The summed E-state index contributed by atoms with van der Waals surface area (Å²) >= 11 is 0. The van der Waals surface area contributed by atoms with Crippen molar-refractivity contribution in [1.29, 1.82) is 0 Å². The van der Waals surface area contributed by atoms with Gasteiger partial charge < -0.3 is 24.2 Å². The van der Waals surface area contributed by atoms with Gasteiger partial charge in [0, 0.05) is 45.7 Å². The molecule has 8 nitrogen and oxygen atoms in total. The van der Waals surface area contributed by atoms with Gasteiger partial charge in [-0.1, -0.05) is 20.8 Å². The maximum atomic E-state index is 12.9. The van der Waals surface area contributed by atoms with Crippen LogP contribution in [0, 0.1) is 5.41 Å². The number of amides is 3. The first-order chi connectivity index (χ1) is 15.0. The van der Waals surface area contributed by atoms with Crippen molar-refractivity contribution in [3.05, 3.63) is 0 Å². The molecule has 0 radical (unpaired) electrons. The van der Waals surface area contributed by atoms with Crippen molar-refractivity contribution in [3.8, 4) is 0 Å². The summed E-state index contributed by atoms with van der Waals surface area (Å²) in [6, 6.07) is 0. The average molecular weight is 470 g/mol. The second kappa shape index (κ2) is 11.9. The molecule has 1 rings (SSSR count). The van der Waals surface area contributed by atoms with Gasteiger partial charge in [0.2, 0.25) is 5.91 Å². The fourth-order valence-electron chi connectivity index (χ4n) is 3.43. The lowest BCUT2D eigenvalue weighted by molar-refractivity contribution is -0.133. The molecular weight excluding hydrogens is 422 g/mol. The van der Waals surface area contributed by atoms with Crippen LogP contribution in [-0.4, -0.2) is 83.3 Å². The lowest BCUT2D eigenvalue weighted by Crippen LogP contribution is -2.48. The molecule has 0 bridgehead atoms. The molecule has 0 atom stereocenters. The van der Waals surface area contributed by atoms with E-state index in [1.807, 2.05) is 46.4 Å². The van der Waals surface area contributed by atoms with E-state index in [1.54, 1.807) is 9.80 Å². The third kappa shape index (κ3) is 12.7. The number of hydrogen-bond donors (Lipinski definition) is 0. The standard InChI is InChI=1S/C25H47N3O5/c1-23(2,3)19-20(29)26-13-11-10-12-14-27(21(30)32-24(4,5)6)17-18-28(16-15-26)22(31)33-25(7,8)9/h10-19H2,1-9H3. The van der Waals surface area contributed by atoms with E-state index in [1.165, 1.54) is 0 Å². The Morgan fingerprint density at radius 2 is 0.939 bits per heavy atom. The summed E-state index contributed by atoms with van der Waals surface area (Å²) in [5, 5.41) is 0. The highest BCUT2D eigenvalue weighted by molar-refractivity contribution is 5.77. The maximum absolute atomic E-state index is 12.9. The number of ether oxygens (including phenoxy) is 2. The molecule has 0 spiro atoms. The Morgan fingerprint density at radius 3 is 1.33 bits per heavy atom. The quantitative estimate of drug-likeness (QED) is 0.545. The molecule has 1 heterocycles. The van der Waals surface area contributed by atoms with Gasteiger partial charge in [-0.3, -0.25) is 4.79 Å². The monoisotopic (exact) mass is 469 g/mol. The van der Waals surface area contributed by atoms with Crippen LogP contribution in [0.3, 0.4) is 0 Å². The maximum Gasteiger partial charge on any atom is 0.410 e. The molecule has 8 heteroatoms. The Labute approximate surface area is 200 Å². The summed E-state index contributed by atoms with van der Waals surface area (Å²) in [6.45, 7) is 19.8. The number of rotatable bonds is 1. The second-order valence-electron chi connectivity index (χ2n) is 12.1. The fraction of sp³-hybridized carbons (Fsp3) is 0.880. The van der Waals surface area contributed by atoms with E-state index in [0.29, 0.717) is 45.7 Å². The van der Waals surface area contributed by atoms with Crippen LogP contribution in [-0.2, 0) is 14.3 Å². The van der Waals surface area contributed by atoms with Gasteiger partial charge in [-0.15, -0.1) is 0 Å². The van der Waals surface area contributed by atoms with Gasteiger partial charge in [0.25, 0.3) is 0 Å². The number of carbonyl (C=O) groups is 3. The highest BCUT2D eigenvalue weighted by Crippen LogP contribution is 2.21. The first kappa shape index (κ1) is 29.0. The lowest BCUT2D eigenvalue weighted by Gasteiger charge is -2.34. The topological polar surface area (TPSA) is 79.4 Å². The van der Waals surface area contributed by atoms with E-state index in [2.05, 4.69) is 20.8 Å². The second-order valence-corrected chi connectivity index (χ2v) is 12.1. The van der Waals surface area contributed by atoms with Crippen molar-refractivity contribution in [2.75, 3.05) is 39.3 Å². The van der Waals surface area contributed by atoms with Crippen LogP contribution in [0.1, 0.15) is 88.0 Å². The van der Waals surface area contributed by atoms with E-state index < -0.39 is 17.3 Å². The van der Waals surface area contributed by atoms with Crippen LogP contribution in [0.2, 0.25) is 0 Å². The summed E-state index contributed by atoms with van der Waals surface area (Å²) in [5.74, 6) is 0.110. The van der Waals surface area contributed by atoms with E-state index in [4.69, 9.17) is 9.47 Å². The Hall–Kier alpha value is -1.99. The molecule has 3 amide bonds. The Bertz CT molecular complexity index is 616. The van der Waals surface area contributed by atoms with Gasteiger partial charge in [0.05, 0.1) is 0 Å². The minimum atomic E-state index is -0.632. The third-order valence-electron chi connectivity index (χ3n) is 4.97. The zero-order valence-electron chi connectivity index (χ0n) is 22.5. The molecule has 0 aromatic heterocycles. The summed E-state index contributed by atoms with van der Waals surface area (Å²) in [7, 11) is 0. The fourth-order valence-corrected chi connectivity index (χ4v) is 3.43. The number of carbonyl (C=O) groups excluding carboxylic acids is 3. The first-order valence-electron chi connectivity index (χ1n) is 12.2. The average Bonchev–Trinajstić information content (AvgIpc) is 2.57. The van der Waals surface area contributed by atoms with E-state index in [0.717, 1.165) is 19.3 Å². The van der Waals surface area contributed by atoms with Gasteiger partial charge in [-0.25, -0.2) is 9.59 Å². The molecule has 0 aromatic carbocycles. The molecule has 0 aliphatic carbocycles. The van der Waals surface area contributed by atoms with Gasteiger partial charge in [0.15, 0.2) is 0 Å². The molecule has 0 unspecified atom stereocenters. The van der Waals surface area contributed by atoms with Crippen molar-refractivity contribution in [2.24, 2.45) is 5.41 Å². The number of nitrogens with zero attached hydrogens (tertiary/aromatic N) is 3. The van der Waals surface area contributed by atoms with E-state index >= 15 is 0 Å². The van der Waals surface area contributed by atoms with Crippen molar-refractivity contribution >= 4 is 18.1 Å². The first-order valence-corrected chi connectivity index (χ1v) is 12.2. The predicted octanol–water partition coefficient (Wildman–Crippen LogP) is 4.91. The Morgan fingerprint density at radius 1 is 0.576 bits per heavy atom. The molecule has 0 saturated carbocycles. The molecule has 1 saturated heterocycles. The normalized spacial score (nSPS) is 17.7. The highest BCUT2D eigenvalue weighted by atomic mass is 16.6. The smallest absolute Gasteiger partial charge is 0.410 e. The SMILES string of the molecule is CC(C)(C)CC(=O)N1CCCCCN(C(=O)OC(C)(C)C)CCN(C(=O)OC(C)(C)C)CC1. The minimum Gasteiger partial charge on any atom is -0.444 e. The van der Waals surface area contributed by atoms with Crippen LogP contribution >= 0.6 is 0 Å². The highest BCUT2D eigenvalue weighted by Gasteiger charge is 2.28. The molecule has 1 fully saturated rings. The van der Waals surface area contributed by atoms with Gasteiger partial charge >= 0.3 is 12.2 Å². The van der Waals surface area contributed by atoms with Crippen LogP contribution < -0.4 is 0 Å². The van der Waals surface area contributed by atoms with Crippen molar-refractivity contribution < 1.29 is 23.9 Å². The van der Waals surface area contributed by atoms with Gasteiger partial charge in [-0.2, -0.15) is 0 Å². The Kier molecular flexibility index (Phi) is 10.5. The Balaban J connectivity index is 3.01. The zero-order chi connectivity index (χ0) is 25.4. The van der Waals surface area contributed by atoms with E-state index in [9.17, 15) is 14.4 Å². The summed E-state index contributed by atoms with van der Waals surface area (Å²) in [6.07, 6.45) is 2.23. The van der Waals surface area contributed by atoms with Crippen LogP contribution in [0.25, 0.3) is 0 Å². The summed E-state index contributed by atoms with van der Waals surface area (Å²) in [5.41, 5.74) is -1.31. The molecule has 0 N–H and O–H groups in total.